The number of ether oxygens (including phenoxy) is 3. The molecular weight excluding hydrogens is 248 g/mol. The van der Waals surface area contributed by atoms with Crippen molar-refractivity contribution in [3.8, 4) is 0 Å². The first-order valence-corrected chi connectivity index (χ1v) is 7.36. The Morgan fingerprint density at radius 1 is 0.947 bits per heavy atom. The lowest BCUT2D eigenvalue weighted by atomic mass is 9.99. The molecule has 5 nitrogen and oxygen atoms in total. The van der Waals surface area contributed by atoms with Crippen LogP contribution in [0.1, 0.15) is 46.5 Å². The number of rotatable bonds is 8. The number of aliphatic hydroxyl groups is 2. The lowest BCUT2D eigenvalue weighted by molar-refractivity contribution is -0.295. The van der Waals surface area contributed by atoms with Crippen LogP contribution in [0.4, 0.5) is 0 Å². The lowest BCUT2D eigenvalue weighted by Gasteiger charge is -2.41. The first-order chi connectivity index (χ1) is 9.11. The quantitative estimate of drug-likeness (QED) is 0.657. The molecule has 0 spiro atoms. The van der Waals surface area contributed by atoms with Crippen molar-refractivity contribution in [1.29, 1.82) is 0 Å². The zero-order chi connectivity index (χ0) is 14.3. The van der Waals surface area contributed by atoms with E-state index in [-0.39, 0.29) is 6.10 Å². The molecule has 0 bridgehead atoms. The third-order valence-electron chi connectivity index (χ3n) is 3.39. The molecule has 2 N–H and O–H groups in total. The highest BCUT2D eigenvalue weighted by atomic mass is 16.7. The Labute approximate surface area is 115 Å². The zero-order valence-electron chi connectivity index (χ0n) is 12.2. The molecule has 1 rings (SSSR count). The van der Waals surface area contributed by atoms with E-state index >= 15 is 0 Å². The van der Waals surface area contributed by atoms with E-state index in [0.29, 0.717) is 13.2 Å². The van der Waals surface area contributed by atoms with Crippen LogP contribution in [0.3, 0.4) is 0 Å². The summed E-state index contributed by atoms with van der Waals surface area (Å²) in [7, 11) is 0. The Bertz CT molecular complexity index is 214. The van der Waals surface area contributed by atoms with Gasteiger partial charge in [-0.15, -0.1) is 0 Å². The predicted octanol–water partition coefficient (Wildman–Crippen LogP) is 1.46. The van der Waals surface area contributed by atoms with Gasteiger partial charge in [0.15, 0.2) is 6.29 Å². The smallest absolute Gasteiger partial charge is 0.184 e. The van der Waals surface area contributed by atoms with Gasteiger partial charge in [-0.2, -0.15) is 0 Å². The third kappa shape index (κ3) is 5.00. The van der Waals surface area contributed by atoms with E-state index in [1.165, 1.54) is 0 Å². The topological polar surface area (TPSA) is 68.2 Å². The average molecular weight is 276 g/mol. The van der Waals surface area contributed by atoms with E-state index in [2.05, 4.69) is 13.8 Å². The van der Waals surface area contributed by atoms with Gasteiger partial charge >= 0.3 is 0 Å². The monoisotopic (exact) mass is 276 g/mol. The highest BCUT2D eigenvalue weighted by Crippen LogP contribution is 2.24. The van der Waals surface area contributed by atoms with Crippen molar-refractivity contribution < 1.29 is 24.4 Å². The maximum atomic E-state index is 10.3. The lowest BCUT2D eigenvalue weighted by Crippen LogP contribution is -2.58. The second kappa shape index (κ2) is 8.87. The molecule has 0 aromatic rings. The van der Waals surface area contributed by atoms with E-state index in [1.807, 2.05) is 0 Å². The van der Waals surface area contributed by atoms with Crippen molar-refractivity contribution in [2.75, 3.05) is 13.2 Å². The predicted molar refractivity (Wildman–Crippen MR) is 71.9 cm³/mol. The molecule has 0 saturated carbocycles. The molecule has 1 fully saturated rings. The minimum absolute atomic E-state index is 0.340. The van der Waals surface area contributed by atoms with E-state index in [4.69, 9.17) is 14.2 Å². The molecule has 5 heteroatoms. The average Bonchev–Trinajstić information content (AvgIpc) is 2.37. The van der Waals surface area contributed by atoms with E-state index < -0.39 is 24.6 Å². The van der Waals surface area contributed by atoms with E-state index in [9.17, 15) is 10.2 Å². The largest absolute Gasteiger partial charge is 0.387 e. The van der Waals surface area contributed by atoms with Crippen LogP contribution >= 0.6 is 0 Å². The normalized spacial score (nSPS) is 35.5. The van der Waals surface area contributed by atoms with Gasteiger partial charge in [0.25, 0.3) is 0 Å². The van der Waals surface area contributed by atoms with E-state index in [0.717, 1.165) is 25.7 Å². The minimum Gasteiger partial charge on any atom is -0.387 e. The van der Waals surface area contributed by atoms with Gasteiger partial charge < -0.3 is 24.4 Å². The summed E-state index contributed by atoms with van der Waals surface area (Å²) >= 11 is 0. The molecule has 5 unspecified atom stereocenters. The summed E-state index contributed by atoms with van der Waals surface area (Å²) in [6.07, 6.45) is 0.431. The number of hydrogen-bond donors (Lipinski definition) is 2. The Hall–Kier alpha value is -0.200. The SMILES string of the molecule is CCCCOC1C(C)OC(O)C(OCCCC)C1O. The summed E-state index contributed by atoms with van der Waals surface area (Å²) in [5, 5.41) is 20.1. The summed E-state index contributed by atoms with van der Waals surface area (Å²) in [5.74, 6) is 0. The van der Waals surface area contributed by atoms with Gasteiger partial charge in [0.05, 0.1) is 6.10 Å². The van der Waals surface area contributed by atoms with Crippen LogP contribution in [0, 0.1) is 0 Å². The van der Waals surface area contributed by atoms with Crippen molar-refractivity contribution in [3.05, 3.63) is 0 Å². The van der Waals surface area contributed by atoms with Gasteiger partial charge in [-0.25, -0.2) is 0 Å². The van der Waals surface area contributed by atoms with Crippen molar-refractivity contribution in [3.63, 3.8) is 0 Å². The fourth-order valence-corrected chi connectivity index (χ4v) is 2.15. The highest BCUT2D eigenvalue weighted by Gasteiger charge is 2.44. The van der Waals surface area contributed by atoms with Gasteiger partial charge in [0, 0.05) is 13.2 Å². The zero-order valence-corrected chi connectivity index (χ0v) is 12.2. The van der Waals surface area contributed by atoms with Gasteiger partial charge in [0.1, 0.15) is 18.3 Å². The van der Waals surface area contributed by atoms with Crippen LogP contribution < -0.4 is 0 Å². The second-order valence-corrected chi connectivity index (χ2v) is 5.10. The standard InChI is InChI=1S/C14H28O5/c1-4-6-8-17-12-10(3)19-14(16)13(11(12)15)18-9-7-5-2/h10-16H,4-9H2,1-3H3. The molecule has 1 saturated heterocycles. The molecule has 1 aliphatic rings. The Morgan fingerprint density at radius 3 is 2.00 bits per heavy atom. The molecule has 1 aliphatic heterocycles. The molecular formula is C14H28O5. The maximum Gasteiger partial charge on any atom is 0.184 e. The third-order valence-corrected chi connectivity index (χ3v) is 3.39. The summed E-state index contributed by atoms with van der Waals surface area (Å²) in [4.78, 5) is 0. The van der Waals surface area contributed by atoms with Crippen LogP contribution in [0.2, 0.25) is 0 Å². The molecule has 19 heavy (non-hydrogen) atoms. The maximum absolute atomic E-state index is 10.3. The highest BCUT2D eigenvalue weighted by molar-refractivity contribution is 4.89. The molecule has 0 aliphatic carbocycles. The summed E-state index contributed by atoms with van der Waals surface area (Å²) < 4.78 is 16.6. The number of unbranched alkanes of at least 4 members (excludes halogenated alkanes) is 2. The molecule has 5 atom stereocenters. The fraction of sp³-hybridized carbons (Fsp3) is 1.00. The van der Waals surface area contributed by atoms with Crippen molar-refractivity contribution in [1.82, 2.24) is 0 Å². The Kier molecular flexibility index (Phi) is 7.87. The summed E-state index contributed by atoms with van der Waals surface area (Å²) in [6, 6.07) is 0. The molecule has 0 amide bonds. The number of hydrogen-bond acceptors (Lipinski definition) is 5. The van der Waals surface area contributed by atoms with Crippen molar-refractivity contribution in [2.45, 2.75) is 77.2 Å². The Balaban J connectivity index is 2.50. The van der Waals surface area contributed by atoms with Crippen LogP contribution in [0.5, 0.6) is 0 Å². The molecule has 114 valence electrons. The molecule has 0 radical (unpaired) electrons. The molecule has 1 heterocycles. The van der Waals surface area contributed by atoms with Crippen LogP contribution in [-0.4, -0.2) is 54.1 Å². The van der Waals surface area contributed by atoms with Crippen LogP contribution in [0.25, 0.3) is 0 Å². The van der Waals surface area contributed by atoms with Gasteiger partial charge in [0.2, 0.25) is 0 Å². The fourth-order valence-electron chi connectivity index (χ4n) is 2.15. The molecule has 0 aromatic heterocycles. The van der Waals surface area contributed by atoms with Gasteiger partial charge in [-0.05, 0) is 19.8 Å². The molecule has 0 aromatic carbocycles. The number of aliphatic hydroxyl groups excluding tert-OH is 2. The summed E-state index contributed by atoms with van der Waals surface area (Å²) in [5.41, 5.74) is 0. The second-order valence-electron chi connectivity index (χ2n) is 5.10. The summed E-state index contributed by atoms with van der Waals surface area (Å²) in [6.45, 7) is 7.04. The Morgan fingerprint density at radius 2 is 1.47 bits per heavy atom. The first kappa shape index (κ1) is 16.9. The van der Waals surface area contributed by atoms with Gasteiger partial charge in [-0.1, -0.05) is 26.7 Å². The minimum atomic E-state index is -1.09. The van der Waals surface area contributed by atoms with Crippen molar-refractivity contribution in [2.24, 2.45) is 0 Å². The van der Waals surface area contributed by atoms with E-state index in [1.54, 1.807) is 6.92 Å². The van der Waals surface area contributed by atoms with Crippen molar-refractivity contribution >= 4 is 0 Å². The van der Waals surface area contributed by atoms with Crippen LogP contribution in [-0.2, 0) is 14.2 Å². The van der Waals surface area contributed by atoms with Gasteiger partial charge in [-0.3, -0.25) is 0 Å². The first-order valence-electron chi connectivity index (χ1n) is 7.36. The van der Waals surface area contributed by atoms with Crippen LogP contribution in [0.15, 0.2) is 0 Å².